The maximum absolute atomic E-state index is 5.67. The molecule has 4 heteroatoms. The zero-order valence-electron chi connectivity index (χ0n) is 6.19. The van der Waals surface area contributed by atoms with Crippen LogP contribution >= 0.6 is 22.6 Å². The highest BCUT2D eigenvalue weighted by Gasteiger charge is 2.05. The lowest BCUT2D eigenvalue weighted by Crippen LogP contribution is -2.03. The molecule has 0 spiro atoms. The number of nitrogens with two attached hydrogens (primary N) is 3. The Morgan fingerprint density at radius 3 is 2.27 bits per heavy atom. The largest absolute Gasteiger partial charge is 0.398 e. The van der Waals surface area contributed by atoms with Crippen molar-refractivity contribution in [3.05, 3.63) is 15.2 Å². The Morgan fingerprint density at radius 1 is 1.18 bits per heavy atom. The van der Waals surface area contributed by atoms with Gasteiger partial charge in [0.15, 0.2) is 0 Å². The third-order valence-corrected chi connectivity index (χ3v) is 2.56. The third kappa shape index (κ3) is 1.35. The molecule has 0 saturated carbocycles. The van der Waals surface area contributed by atoms with Crippen LogP contribution in [0.25, 0.3) is 0 Å². The van der Waals surface area contributed by atoms with Crippen LogP contribution in [0.1, 0.15) is 5.56 Å². The molecule has 6 N–H and O–H groups in total. The van der Waals surface area contributed by atoms with Crippen LogP contribution in [0.2, 0.25) is 0 Å². The van der Waals surface area contributed by atoms with Gasteiger partial charge in [0.1, 0.15) is 0 Å². The van der Waals surface area contributed by atoms with Gasteiger partial charge in [-0.2, -0.15) is 0 Å². The second-order valence-corrected chi connectivity index (χ2v) is 3.56. The van der Waals surface area contributed by atoms with Gasteiger partial charge in [0, 0.05) is 9.26 Å². The second-order valence-electron chi connectivity index (χ2n) is 2.40. The van der Waals surface area contributed by atoms with Crippen LogP contribution in [0.3, 0.4) is 0 Å². The lowest BCUT2D eigenvalue weighted by molar-refractivity contribution is 1.45. The highest BCUT2D eigenvalue weighted by atomic mass is 127. The standard InChI is InChI=1S/C7H10IN3/c1-3-5(9)2-4(8)7(11)6(3)10/h2H,9-11H2,1H3. The van der Waals surface area contributed by atoms with E-state index in [1.807, 2.05) is 13.0 Å². The van der Waals surface area contributed by atoms with Gasteiger partial charge in [-0.15, -0.1) is 0 Å². The summed E-state index contributed by atoms with van der Waals surface area (Å²) in [7, 11) is 0. The van der Waals surface area contributed by atoms with E-state index in [0.717, 1.165) is 9.13 Å². The zero-order valence-corrected chi connectivity index (χ0v) is 8.34. The zero-order chi connectivity index (χ0) is 8.59. The molecule has 0 bridgehead atoms. The molecular weight excluding hydrogens is 253 g/mol. The lowest BCUT2D eigenvalue weighted by Gasteiger charge is -2.08. The first-order chi connectivity index (χ1) is 5.04. The van der Waals surface area contributed by atoms with Crippen molar-refractivity contribution < 1.29 is 0 Å². The quantitative estimate of drug-likeness (QED) is 0.488. The van der Waals surface area contributed by atoms with Gasteiger partial charge in [-0.25, -0.2) is 0 Å². The van der Waals surface area contributed by atoms with E-state index in [0.29, 0.717) is 17.1 Å². The molecule has 0 aromatic heterocycles. The lowest BCUT2D eigenvalue weighted by atomic mass is 10.1. The van der Waals surface area contributed by atoms with Gasteiger partial charge in [0.2, 0.25) is 0 Å². The predicted molar refractivity (Wildman–Crippen MR) is 57.1 cm³/mol. The Morgan fingerprint density at radius 2 is 1.73 bits per heavy atom. The van der Waals surface area contributed by atoms with Gasteiger partial charge in [-0.1, -0.05) is 0 Å². The van der Waals surface area contributed by atoms with Crippen molar-refractivity contribution in [1.82, 2.24) is 0 Å². The van der Waals surface area contributed by atoms with Gasteiger partial charge in [0.25, 0.3) is 0 Å². The predicted octanol–water partition coefficient (Wildman–Crippen LogP) is 1.35. The number of anilines is 3. The van der Waals surface area contributed by atoms with Crippen molar-refractivity contribution in [3.8, 4) is 0 Å². The molecule has 1 aromatic rings. The van der Waals surface area contributed by atoms with Gasteiger partial charge in [-0.3, -0.25) is 0 Å². The molecular formula is C7H10IN3. The molecule has 0 atom stereocenters. The fourth-order valence-electron chi connectivity index (χ4n) is 0.809. The number of rotatable bonds is 0. The van der Waals surface area contributed by atoms with Gasteiger partial charge < -0.3 is 17.2 Å². The van der Waals surface area contributed by atoms with Crippen molar-refractivity contribution in [3.63, 3.8) is 0 Å². The van der Waals surface area contributed by atoms with Crippen LogP contribution in [-0.2, 0) is 0 Å². The molecule has 0 heterocycles. The van der Waals surface area contributed by atoms with E-state index in [2.05, 4.69) is 22.6 Å². The number of halogens is 1. The van der Waals surface area contributed by atoms with Crippen molar-refractivity contribution in [1.29, 1.82) is 0 Å². The Balaban J connectivity index is 3.46. The SMILES string of the molecule is Cc1c(N)cc(I)c(N)c1N. The van der Waals surface area contributed by atoms with Crippen LogP contribution in [0.5, 0.6) is 0 Å². The highest BCUT2D eigenvalue weighted by molar-refractivity contribution is 14.1. The summed E-state index contributed by atoms with van der Waals surface area (Å²) in [5, 5.41) is 0. The summed E-state index contributed by atoms with van der Waals surface area (Å²) in [5.41, 5.74) is 19.8. The van der Waals surface area contributed by atoms with Crippen LogP contribution in [0.4, 0.5) is 17.1 Å². The maximum Gasteiger partial charge on any atom is 0.0687 e. The summed E-state index contributed by atoms with van der Waals surface area (Å²) in [6.45, 7) is 1.86. The molecule has 1 aromatic carbocycles. The Labute approximate surface area is 79.1 Å². The fraction of sp³-hybridized carbons (Fsp3) is 0.143. The first kappa shape index (κ1) is 8.45. The first-order valence-corrected chi connectivity index (χ1v) is 4.21. The van der Waals surface area contributed by atoms with Crippen molar-refractivity contribution in [2.24, 2.45) is 0 Å². The molecule has 0 unspecified atom stereocenters. The van der Waals surface area contributed by atoms with Gasteiger partial charge >= 0.3 is 0 Å². The van der Waals surface area contributed by atoms with Crippen LogP contribution in [-0.4, -0.2) is 0 Å². The summed E-state index contributed by atoms with van der Waals surface area (Å²) in [5.74, 6) is 0. The van der Waals surface area contributed by atoms with Gasteiger partial charge in [0.05, 0.1) is 11.4 Å². The monoisotopic (exact) mass is 263 g/mol. The average Bonchev–Trinajstić information content (AvgIpc) is 1.97. The fourth-order valence-corrected chi connectivity index (χ4v) is 1.43. The molecule has 0 aliphatic carbocycles. The number of hydrogen-bond donors (Lipinski definition) is 3. The molecule has 1 rings (SSSR count). The Hall–Kier alpha value is -0.650. The summed E-state index contributed by atoms with van der Waals surface area (Å²) in [6, 6.07) is 1.82. The van der Waals surface area contributed by atoms with E-state index in [1.54, 1.807) is 0 Å². The van der Waals surface area contributed by atoms with Crippen molar-refractivity contribution in [2.75, 3.05) is 17.2 Å². The minimum atomic E-state index is 0.592. The minimum absolute atomic E-state index is 0.592. The van der Waals surface area contributed by atoms with Crippen LogP contribution < -0.4 is 17.2 Å². The Bertz CT molecular complexity index is 270. The first-order valence-electron chi connectivity index (χ1n) is 3.13. The molecule has 0 amide bonds. The summed E-state index contributed by atoms with van der Waals surface area (Å²) in [4.78, 5) is 0. The summed E-state index contributed by atoms with van der Waals surface area (Å²) < 4.78 is 0.906. The van der Waals surface area contributed by atoms with E-state index in [-0.39, 0.29) is 0 Å². The second kappa shape index (κ2) is 2.77. The van der Waals surface area contributed by atoms with E-state index in [9.17, 15) is 0 Å². The number of benzene rings is 1. The molecule has 0 radical (unpaired) electrons. The molecule has 60 valence electrons. The molecule has 0 saturated heterocycles. The molecule has 11 heavy (non-hydrogen) atoms. The van der Waals surface area contributed by atoms with Gasteiger partial charge in [-0.05, 0) is 41.1 Å². The normalized spacial score (nSPS) is 10.0. The minimum Gasteiger partial charge on any atom is -0.398 e. The Kier molecular flexibility index (Phi) is 2.12. The van der Waals surface area contributed by atoms with E-state index in [4.69, 9.17) is 17.2 Å². The third-order valence-electron chi connectivity index (χ3n) is 1.67. The summed E-state index contributed by atoms with van der Waals surface area (Å²) >= 11 is 2.11. The van der Waals surface area contributed by atoms with E-state index >= 15 is 0 Å². The number of nitrogen functional groups attached to an aromatic ring is 3. The molecule has 0 aliphatic heterocycles. The maximum atomic E-state index is 5.67. The van der Waals surface area contributed by atoms with E-state index < -0.39 is 0 Å². The molecule has 0 aliphatic rings. The van der Waals surface area contributed by atoms with Crippen molar-refractivity contribution in [2.45, 2.75) is 6.92 Å². The number of hydrogen-bond acceptors (Lipinski definition) is 3. The summed E-state index contributed by atoms with van der Waals surface area (Å²) in [6.07, 6.45) is 0. The molecule has 0 fully saturated rings. The van der Waals surface area contributed by atoms with E-state index in [1.165, 1.54) is 0 Å². The highest BCUT2D eigenvalue weighted by Crippen LogP contribution is 2.29. The van der Waals surface area contributed by atoms with Crippen LogP contribution in [0, 0.1) is 10.5 Å². The topological polar surface area (TPSA) is 78.1 Å². The molecule has 3 nitrogen and oxygen atoms in total. The van der Waals surface area contributed by atoms with Crippen LogP contribution in [0.15, 0.2) is 6.07 Å². The smallest absolute Gasteiger partial charge is 0.0687 e. The average molecular weight is 263 g/mol. The van der Waals surface area contributed by atoms with Crippen molar-refractivity contribution >= 4 is 39.7 Å².